The average Bonchev–Trinajstić information content (AvgIpc) is 3.14. The Kier molecular flexibility index (Phi) is 7.18. The van der Waals surface area contributed by atoms with Gasteiger partial charge in [0.05, 0.1) is 30.2 Å². The molecule has 0 spiro atoms. The molecule has 2 N–H and O–H groups in total. The van der Waals surface area contributed by atoms with E-state index in [1.54, 1.807) is 0 Å². The fourth-order valence-electron chi connectivity index (χ4n) is 4.05. The minimum absolute atomic E-state index is 0.165. The van der Waals surface area contributed by atoms with Crippen molar-refractivity contribution in [1.82, 2.24) is 4.90 Å². The van der Waals surface area contributed by atoms with Gasteiger partial charge in [0.2, 0.25) is 0 Å². The van der Waals surface area contributed by atoms with Crippen molar-refractivity contribution in [2.45, 2.75) is 20.4 Å². The number of ether oxygens (including phenoxy) is 2. The van der Waals surface area contributed by atoms with Crippen molar-refractivity contribution >= 4 is 28.6 Å². The Morgan fingerprint density at radius 1 is 0.912 bits per heavy atom. The molecule has 0 bridgehead atoms. The molecule has 0 saturated carbocycles. The number of hydrogen-bond donors (Lipinski definition) is 2. The Hall–Kier alpha value is -3.77. The van der Waals surface area contributed by atoms with Crippen LogP contribution in [0.15, 0.2) is 66.7 Å². The predicted octanol–water partition coefficient (Wildman–Crippen LogP) is 5.48. The summed E-state index contributed by atoms with van der Waals surface area (Å²) in [4.78, 5) is 15.4. The maximum Gasteiger partial charge on any atom is 0.258 e. The molecule has 4 rings (SSSR count). The molecular formula is C28H31N3O3. The normalized spacial score (nSPS) is 14.0. The zero-order chi connectivity index (χ0) is 24.1. The van der Waals surface area contributed by atoms with Gasteiger partial charge in [-0.25, -0.2) is 0 Å². The summed E-state index contributed by atoms with van der Waals surface area (Å²) in [6, 6.07) is 21.9. The lowest BCUT2D eigenvalue weighted by molar-refractivity contribution is -0.110. The maximum absolute atomic E-state index is 13.3. The van der Waals surface area contributed by atoms with Crippen molar-refractivity contribution in [3.63, 3.8) is 0 Å². The Labute approximate surface area is 201 Å². The van der Waals surface area contributed by atoms with E-state index in [4.69, 9.17) is 9.47 Å². The summed E-state index contributed by atoms with van der Waals surface area (Å²) >= 11 is 0. The standard InChI is InChI=1S/C28H31N3O3/c1-5-33-24-16-22-23(17-25(24)34-6-2)30-28(32)26(22)27(20-10-8-7-9-11-20)29-21-14-12-19(13-15-21)18-31(3)4/h7-17,29H,5-6,18H2,1-4H3,(H,30,32). The highest BCUT2D eigenvalue weighted by molar-refractivity contribution is 6.37. The molecule has 34 heavy (non-hydrogen) atoms. The first-order chi connectivity index (χ1) is 16.5. The van der Waals surface area contributed by atoms with Crippen molar-refractivity contribution in [3.05, 3.63) is 83.4 Å². The summed E-state index contributed by atoms with van der Waals surface area (Å²) in [5.74, 6) is 1.08. The van der Waals surface area contributed by atoms with Crippen LogP contribution in [-0.4, -0.2) is 38.1 Å². The molecule has 3 aromatic carbocycles. The first-order valence-electron chi connectivity index (χ1n) is 11.6. The summed E-state index contributed by atoms with van der Waals surface area (Å²) in [5.41, 5.74) is 5.86. The molecule has 0 radical (unpaired) electrons. The van der Waals surface area contributed by atoms with E-state index in [-0.39, 0.29) is 5.91 Å². The van der Waals surface area contributed by atoms with E-state index in [1.807, 2.05) is 82.5 Å². The van der Waals surface area contributed by atoms with Gasteiger partial charge in [0.1, 0.15) is 0 Å². The van der Waals surface area contributed by atoms with Gasteiger partial charge in [-0.1, -0.05) is 42.5 Å². The van der Waals surface area contributed by atoms with Crippen LogP contribution in [0, 0.1) is 0 Å². The second-order valence-corrected chi connectivity index (χ2v) is 8.34. The number of benzene rings is 3. The van der Waals surface area contributed by atoms with Gasteiger partial charge in [-0.3, -0.25) is 4.79 Å². The largest absolute Gasteiger partial charge is 0.490 e. The SMILES string of the molecule is CCOc1cc2c(cc1OCC)C(=C(Nc1ccc(CN(C)C)cc1)c1ccccc1)C(=O)N2. The van der Waals surface area contributed by atoms with Crippen LogP contribution in [0.5, 0.6) is 11.5 Å². The van der Waals surface area contributed by atoms with Gasteiger partial charge in [-0.15, -0.1) is 0 Å². The molecule has 1 heterocycles. The maximum atomic E-state index is 13.3. The third-order valence-electron chi connectivity index (χ3n) is 5.46. The number of carbonyl (C=O) groups excluding carboxylic acids is 1. The van der Waals surface area contributed by atoms with Crippen molar-refractivity contribution in [2.24, 2.45) is 0 Å². The van der Waals surface area contributed by atoms with Gasteiger partial charge in [0, 0.05) is 23.9 Å². The molecule has 1 amide bonds. The molecule has 0 unspecified atom stereocenters. The van der Waals surface area contributed by atoms with Crippen molar-refractivity contribution < 1.29 is 14.3 Å². The van der Waals surface area contributed by atoms with Crippen LogP contribution >= 0.6 is 0 Å². The molecule has 3 aromatic rings. The smallest absolute Gasteiger partial charge is 0.258 e. The zero-order valence-electron chi connectivity index (χ0n) is 20.1. The van der Waals surface area contributed by atoms with Crippen LogP contribution < -0.4 is 20.1 Å². The van der Waals surface area contributed by atoms with Crippen LogP contribution in [0.25, 0.3) is 11.3 Å². The molecule has 0 fully saturated rings. The van der Waals surface area contributed by atoms with E-state index in [0.29, 0.717) is 36.0 Å². The summed E-state index contributed by atoms with van der Waals surface area (Å²) in [7, 11) is 4.10. The fourth-order valence-corrected chi connectivity index (χ4v) is 4.05. The minimum Gasteiger partial charge on any atom is -0.490 e. The Bertz CT molecular complexity index is 1190. The minimum atomic E-state index is -0.165. The second kappa shape index (κ2) is 10.4. The van der Waals surface area contributed by atoms with Crippen LogP contribution in [0.2, 0.25) is 0 Å². The lowest BCUT2D eigenvalue weighted by Gasteiger charge is -2.17. The van der Waals surface area contributed by atoms with Gasteiger partial charge in [-0.05, 0) is 57.3 Å². The summed E-state index contributed by atoms with van der Waals surface area (Å²) in [5, 5.41) is 6.52. The van der Waals surface area contributed by atoms with Gasteiger partial charge < -0.3 is 25.0 Å². The first kappa shape index (κ1) is 23.4. The molecule has 6 nitrogen and oxygen atoms in total. The summed E-state index contributed by atoms with van der Waals surface area (Å²) in [6.45, 7) is 5.73. The number of anilines is 2. The molecule has 1 aliphatic rings. The second-order valence-electron chi connectivity index (χ2n) is 8.34. The van der Waals surface area contributed by atoms with Gasteiger partial charge in [-0.2, -0.15) is 0 Å². The summed E-state index contributed by atoms with van der Waals surface area (Å²) in [6.07, 6.45) is 0. The lowest BCUT2D eigenvalue weighted by atomic mass is 9.99. The Morgan fingerprint density at radius 2 is 1.56 bits per heavy atom. The molecule has 176 valence electrons. The van der Waals surface area contributed by atoms with Crippen molar-refractivity contribution in [2.75, 3.05) is 37.9 Å². The van der Waals surface area contributed by atoms with Crippen molar-refractivity contribution in [1.29, 1.82) is 0 Å². The topological polar surface area (TPSA) is 62.8 Å². The third-order valence-corrected chi connectivity index (χ3v) is 5.46. The van der Waals surface area contributed by atoms with Crippen LogP contribution in [0.1, 0.15) is 30.5 Å². The number of amides is 1. The van der Waals surface area contributed by atoms with E-state index in [0.717, 1.165) is 29.1 Å². The molecule has 1 aliphatic heterocycles. The van der Waals surface area contributed by atoms with E-state index in [2.05, 4.69) is 27.7 Å². The van der Waals surface area contributed by atoms with Gasteiger partial charge in [0.15, 0.2) is 11.5 Å². The highest BCUT2D eigenvalue weighted by Crippen LogP contribution is 2.43. The van der Waals surface area contributed by atoms with Gasteiger partial charge in [0.25, 0.3) is 5.91 Å². The molecular weight excluding hydrogens is 426 g/mol. The van der Waals surface area contributed by atoms with E-state index in [1.165, 1.54) is 5.56 Å². The number of nitrogens with one attached hydrogen (secondary N) is 2. The first-order valence-corrected chi connectivity index (χ1v) is 11.6. The Balaban J connectivity index is 1.82. The molecule has 0 saturated heterocycles. The number of fused-ring (bicyclic) bond motifs is 1. The predicted molar refractivity (Wildman–Crippen MR) is 138 cm³/mol. The number of carbonyl (C=O) groups is 1. The van der Waals surface area contributed by atoms with Crippen molar-refractivity contribution in [3.8, 4) is 11.5 Å². The van der Waals surface area contributed by atoms with Crippen LogP contribution in [0.4, 0.5) is 11.4 Å². The van der Waals surface area contributed by atoms with E-state index in [9.17, 15) is 4.79 Å². The summed E-state index contributed by atoms with van der Waals surface area (Å²) < 4.78 is 11.6. The lowest BCUT2D eigenvalue weighted by Crippen LogP contribution is -2.11. The third kappa shape index (κ3) is 5.07. The zero-order valence-corrected chi connectivity index (χ0v) is 20.1. The van der Waals surface area contributed by atoms with Gasteiger partial charge >= 0.3 is 0 Å². The van der Waals surface area contributed by atoms with Crippen LogP contribution in [0.3, 0.4) is 0 Å². The number of hydrogen-bond acceptors (Lipinski definition) is 5. The number of rotatable bonds is 9. The quantitative estimate of drug-likeness (QED) is 0.417. The molecule has 0 aromatic heterocycles. The average molecular weight is 458 g/mol. The molecule has 0 atom stereocenters. The molecule has 6 heteroatoms. The fraction of sp³-hybridized carbons (Fsp3) is 0.250. The highest BCUT2D eigenvalue weighted by atomic mass is 16.5. The van der Waals surface area contributed by atoms with Crippen LogP contribution in [-0.2, 0) is 11.3 Å². The monoisotopic (exact) mass is 457 g/mol. The Morgan fingerprint density at radius 3 is 2.18 bits per heavy atom. The number of nitrogens with zero attached hydrogens (tertiary/aromatic N) is 1. The highest BCUT2D eigenvalue weighted by Gasteiger charge is 2.30. The van der Waals surface area contributed by atoms with E-state index >= 15 is 0 Å². The van der Waals surface area contributed by atoms with E-state index < -0.39 is 0 Å². The molecule has 0 aliphatic carbocycles.